The normalized spacial score (nSPS) is 11.3. The summed E-state index contributed by atoms with van der Waals surface area (Å²) in [5.41, 5.74) is 0.579. The first-order chi connectivity index (χ1) is 9.78. The monoisotopic (exact) mass is 329 g/mol. The second-order valence-corrected chi connectivity index (χ2v) is 7.46. The number of carbonyl (C=O) groups is 1. The second kappa shape index (κ2) is 5.82. The summed E-state index contributed by atoms with van der Waals surface area (Å²) in [4.78, 5) is 11.0. The Labute approximate surface area is 125 Å². The number of anilines is 1. The van der Waals surface area contributed by atoms with Gasteiger partial charge in [0, 0.05) is 4.88 Å². The van der Waals surface area contributed by atoms with E-state index in [0.717, 1.165) is 11.3 Å². The van der Waals surface area contributed by atoms with Crippen molar-refractivity contribution in [2.75, 3.05) is 4.72 Å². The van der Waals surface area contributed by atoms with Crippen LogP contribution in [0.4, 0.5) is 10.1 Å². The van der Waals surface area contributed by atoms with Gasteiger partial charge in [0.25, 0.3) is 10.0 Å². The summed E-state index contributed by atoms with van der Waals surface area (Å²) in [6.45, 7) is 1.72. The maximum Gasteiger partial charge on any atom is 0.308 e. The highest BCUT2D eigenvalue weighted by Gasteiger charge is 2.19. The van der Waals surface area contributed by atoms with E-state index in [4.69, 9.17) is 5.11 Å². The van der Waals surface area contributed by atoms with Crippen molar-refractivity contribution < 1.29 is 22.7 Å². The average molecular weight is 329 g/mol. The Morgan fingerprint density at radius 3 is 2.71 bits per heavy atom. The molecule has 0 saturated heterocycles. The Kier molecular flexibility index (Phi) is 4.29. The van der Waals surface area contributed by atoms with E-state index in [-0.39, 0.29) is 16.3 Å². The van der Waals surface area contributed by atoms with Crippen molar-refractivity contribution in [3.63, 3.8) is 0 Å². The third kappa shape index (κ3) is 3.79. The van der Waals surface area contributed by atoms with Crippen LogP contribution >= 0.6 is 11.3 Å². The molecule has 0 fully saturated rings. The zero-order valence-electron chi connectivity index (χ0n) is 11.0. The van der Waals surface area contributed by atoms with Gasteiger partial charge in [0.2, 0.25) is 0 Å². The number of thiophene rings is 1. The Morgan fingerprint density at radius 1 is 1.33 bits per heavy atom. The van der Waals surface area contributed by atoms with Gasteiger partial charge in [-0.3, -0.25) is 9.52 Å². The second-order valence-electron chi connectivity index (χ2n) is 4.38. The predicted molar refractivity (Wildman–Crippen MR) is 77.6 cm³/mol. The molecule has 5 nitrogen and oxygen atoms in total. The number of hydrogen-bond donors (Lipinski definition) is 2. The first-order valence-electron chi connectivity index (χ1n) is 5.87. The van der Waals surface area contributed by atoms with Crippen LogP contribution in [0, 0.1) is 12.7 Å². The lowest BCUT2D eigenvalue weighted by molar-refractivity contribution is -0.136. The summed E-state index contributed by atoms with van der Waals surface area (Å²) in [5, 5.41) is 8.67. The Morgan fingerprint density at radius 2 is 2.05 bits per heavy atom. The smallest absolute Gasteiger partial charge is 0.308 e. The van der Waals surface area contributed by atoms with Gasteiger partial charge in [-0.1, -0.05) is 6.07 Å². The summed E-state index contributed by atoms with van der Waals surface area (Å²) in [5.74, 6) is -1.72. The molecule has 112 valence electrons. The number of aliphatic carboxylic acids is 1. The molecule has 0 aliphatic rings. The lowest BCUT2D eigenvalue weighted by Gasteiger charge is -2.08. The molecule has 0 atom stereocenters. The van der Waals surface area contributed by atoms with Gasteiger partial charge in [-0.15, -0.1) is 11.3 Å². The number of benzene rings is 1. The van der Waals surface area contributed by atoms with Crippen molar-refractivity contribution in [3.05, 3.63) is 46.6 Å². The molecular weight excluding hydrogens is 317 g/mol. The van der Waals surface area contributed by atoms with Crippen LogP contribution in [0.25, 0.3) is 0 Å². The largest absolute Gasteiger partial charge is 0.481 e. The zero-order chi connectivity index (χ0) is 15.6. The van der Waals surface area contributed by atoms with Crippen LogP contribution in [0.15, 0.2) is 34.5 Å². The van der Waals surface area contributed by atoms with Gasteiger partial charge >= 0.3 is 5.97 Å². The maximum absolute atomic E-state index is 13.6. The molecule has 2 rings (SSSR count). The van der Waals surface area contributed by atoms with E-state index in [1.807, 2.05) is 0 Å². The van der Waals surface area contributed by atoms with Gasteiger partial charge in [0.15, 0.2) is 0 Å². The van der Waals surface area contributed by atoms with E-state index in [9.17, 15) is 17.6 Å². The minimum atomic E-state index is -3.93. The van der Waals surface area contributed by atoms with Crippen LogP contribution in [0.3, 0.4) is 0 Å². The Balaban J connectivity index is 2.28. The van der Waals surface area contributed by atoms with Crippen molar-refractivity contribution in [3.8, 4) is 0 Å². The predicted octanol–water partition coefficient (Wildman–Crippen LogP) is 2.62. The third-order valence-corrected chi connectivity index (χ3v) is 5.54. The van der Waals surface area contributed by atoms with Crippen LogP contribution < -0.4 is 4.72 Å². The van der Waals surface area contributed by atoms with Crippen molar-refractivity contribution in [1.29, 1.82) is 0 Å². The van der Waals surface area contributed by atoms with Crippen molar-refractivity contribution in [2.45, 2.75) is 17.6 Å². The summed E-state index contributed by atoms with van der Waals surface area (Å²) in [7, 11) is -3.93. The fourth-order valence-corrected chi connectivity index (χ4v) is 4.06. The standard InChI is InChI=1S/C13H12FNO4S2/c1-8-2-4-10(14)11(6-8)15-21(18,19)13-5-3-9(20-13)7-12(16)17/h2-6,15H,7H2,1H3,(H,16,17). The maximum atomic E-state index is 13.6. The molecule has 0 spiro atoms. The number of halogens is 1. The minimum Gasteiger partial charge on any atom is -0.481 e. The first kappa shape index (κ1) is 15.5. The molecule has 0 radical (unpaired) electrons. The van der Waals surface area contributed by atoms with Gasteiger partial charge in [0.1, 0.15) is 10.0 Å². The van der Waals surface area contributed by atoms with E-state index in [0.29, 0.717) is 10.4 Å². The van der Waals surface area contributed by atoms with Crippen molar-refractivity contribution in [2.24, 2.45) is 0 Å². The van der Waals surface area contributed by atoms with Gasteiger partial charge < -0.3 is 5.11 Å². The molecule has 0 aliphatic carbocycles. The van der Waals surface area contributed by atoms with Crippen molar-refractivity contribution in [1.82, 2.24) is 0 Å². The minimum absolute atomic E-state index is 0.0559. The average Bonchev–Trinajstić information content (AvgIpc) is 2.82. The zero-order valence-corrected chi connectivity index (χ0v) is 12.6. The fraction of sp³-hybridized carbons (Fsp3) is 0.154. The number of hydrogen-bond acceptors (Lipinski definition) is 4. The highest BCUT2D eigenvalue weighted by Crippen LogP contribution is 2.26. The van der Waals surface area contributed by atoms with Crippen molar-refractivity contribution >= 4 is 33.0 Å². The van der Waals surface area contributed by atoms with Crippen LogP contribution in [0.5, 0.6) is 0 Å². The van der Waals surface area contributed by atoms with Crippen LogP contribution in [0.2, 0.25) is 0 Å². The summed E-state index contributed by atoms with van der Waals surface area (Å²) < 4.78 is 40.0. The van der Waals surface area contributed by atoms with Crippen LogP contribution in [-0.4, -0.2) is 19.5 Å². The molecule has 0 bridgehead atoms. The van der Waals surface area contributed by atoms with Gasteiger partial charge in [-0.2, -0.15) is 0 Å². The summed E-state index contributed by atoms with van der Waals surface area (Å²) in [6.07, 6.45) is -0.251. The fourth-order valence-electron chi connectivity index (χ4n) is 1.66. The van der Waals surface area contributed by atoms with E-state index in [1.165, 1.54) is 30.3 Å². The van der Waals surface area contributed by atoms with Crippen LogP contribution in [-0.2, 0) is 21.2 Å². The number of aryl methyl sites for hydroxylation is 1. The highest BCUT2D eigenvalue weighted by molar-refractivity contribution is 7.94. The molecule has 0 saturated carbocycles. The number of rotatable bonds is 5. The molecule has 8 heteroatoms. The molecule has 1 aromatic carbocycles. The molecule has 21 heavy (non-hydrogen) atoms. The lowest BCUT2D eigenvalue weighted by atomic mass is 10.2. The van der Waals surface area contributed by atoms with Crippen LogP contribution in [0.1, 0.15) is 10.4 Å². The molecule has 2 N–H and O–H groups in total. The molecular formula is C13H12FNO4S2. The number of carboxylic acid groups (broad SMARTS) is 1. The Hall–Kier alpha value is -1.93. The third-order valence-electron chi connectivity index (χ3n) is 2.59. The van der Waals surface area contributed by atoms with E-state index >= 15 is 0 Å². The SMILES string of the molecule is Cc1ccc(F)c(NS(=O)(=O)c2ccc(CC(=O)O)s2)c1. The Bertz CT molecular complexity index is 783. The van der Waals surface area contributed by atoms with Gasteiger partial charge in [-0.05, 0) is 36.8 Å². The quantitative estimate of drug-likeness (QED) is 0.883. The molecule has 2 aromatic rings. The summed E-state index contributed by atoms with van der Waals surface area (Å²) in [6, 6.07) is 6.83. The van der Waals surface area contributed by atoms with Gasteiger partial charge in [-0.25, -0.2) is 12.8 Å². The molecule has 1 aromatic heterocycles. The number of nitrogens with one attached hydrogen (secondary N) is 1. The number of sulfonamides is 1. The lowest BCUT2D eigenvalue weighted by Crippen LogP contribution is -2.12. The topological polar surface area (TPSA) is 83.5 Å². The first-order valence-corrected chi connectivity index (χ1v) is 8.17. The van der Waals surface area contributed by atoms with Gasteiger partial charge in [0.05, 0.1) is 12.1 Å². The van der Waals surface area contributed by atoms with E-state index in [1.54, 1.807) is 6.92 Å². The highest BCUT2D eigenvalue weighted by atomic mass is 32.2. The number of carboxylic acids is 1. The molecule has 0 unspecified atom stereocenters. The van der Waals surface area contributed by atoms with E-state index in [2.05, 4.69) is 4.72 Å². The molecule has 1 heterocycles. The summed E-state index contributed by atoms with van der Waals surface area (Å²) >= 11 is 0.844. The van der Waals surface area contributed by atoms with E-state index < -0.39 is 21.8 Å². The molecule has 0 aliphatic heterocycles. The molecule has 0 amide bonds.